The van der Waals surface area contributed by atoms with Gasteiger partial charge in [0.25, 0.3) is 0 Å². The smallest absolute Gasteiger partial charge is 0.358 e. The van der Waals surface area contributed by atoms with Crippen molar-refractivity contribution in [2.45, 2.75) is 6.54 Å². The molecular formula is C10H6Cl2FN3O2. The molecule has 0 N–H and O–H groups in total. The summed E-state index contributed by atoms with van der Waals surface area (Å²) in [5, 5.41) is 14.5. The first-order valence-electron chi connectivity index (χ1n) is 4.78. The average molecular weight is 290 g/mol. The van der Waals surface area contributed by atoms with Crippen molar-refractivity contribution in [3.63, 3.8) is 0 Å². The normalized spacial score (nSPS) is 10.6. The first-order valence-corrected chi connectivity index (χ1v) is 5.54. The van der Waals surface area contributed by atoms with E-state index < -0.39 is 16.6 Å². The van der Waals surface area contributed by atoms with E-state index in [9.17, 15) is 14.5 Å². The predicted molar refractivity (Wildman–Crippen MR) is 64.4 cm³/mol. The molecule has 1 aromatic heterocycles. The van der Waals surface area contributed by atoms with Gasteiger partial charge in [-0.25, -0.2) is 4.39 Å². The highest BCUT2D eigenvalue weighted by molar-refractivity contribution is 6.32. The summed E-state index contributed by atoms with van der Waals surface area (Å²) in [6.45, 7) is 0.101. The number of hydrogen-bond donors (Lipinski definition) is 0. The highest BCUT2D eigenvalue weighted by Crippen LogP contribution is 2.23. The predicted octanol–water partition coefficient (Wildman–Crippen LogP) is 3.29. The zero-order chi connectivity index (χ0) is 13.3. The van der Waals surface area contributed by atoms with Gasteiger partial charge in [-0.15, -0.1) is 0 Å². The van der Waals surface area contributed by atoms with E-state index in [1.165, 1.54) is 29.1 Å². The molecule has 0 fully saturated rings. The van der Waals surface area contributed by atoms with E-state index in [4.69, 9.17) is 23.2 Å². The van der Waals surface area contributed by atoms with Crippen LogP contribution in [0.3, 0.4) is 0 Å². The van der Waals surface area contributed by atoms with Gasteiger partial charge >= 0.3 is 5.82 Å². The van der Waals surface area contributed by atoms with Crippen molar-refractivity contribution in [1.82, 2.24) is 9.78 Å². The van der Waals surface area contributed by atoms with E-state index >= 15 is 0 Å². The number of halogens is 3. The summed E-state index contributed by atoms with van der Waals surface area (Å²) in [6, 6.07) is 3.87. The molecule has 0 radical (unpaired) electrons. The second-order valence-electron chi connectivity index (χ2n) is 3.49. The van der Waals surface area contributed by atoms with Crippen molar-refractivity contribution < 1.29 is 9.31 Å². The van der Waals surface area contributed by atoms with Crippen molar-refractivity contribution >= 4 is 29.0 Å². The molecule has 0 atom stereocenters. The van der Waals surface area contributed by atoms with Gasteiger partial charge in [-0.3, -0.25) is 0 Å². The van der Waals surface area contributed by atoms with Crippen LogP contribution in [0.15, 0.2) is 24.4 Å². The lowest BCUT2D eigenvalue weighted by molar-refractivity contribution is -0.389. The molecule has 2 rings (SSSR count). The maximum atomic E-state index is 13.0. The number of benzene rings is 1. The van der Waals surface area contributed by atoms with Crippen LogP contribution in [0.1, 0.15) is 5.56 Å². The van der Waals surface area contributed by atoms with Crippen LogP contribution in [0.4, 0.5) is 10.2 Å². The van der Waals surface area contributed by atoms with E-state index in [2.05, 4.69) is 5.10 Å². The number of nitro groups is 1. The fraction of sp³-hybridized carbons (Fsp3) is 0.100. The second-order valence-corrected chi connectivity index (χ2v) is 4.31. The van der Waals surface area contributed by atoms with Crippen LogP contribution in [0.5, 0.6) is 0 Å². The Hall–Kier alpha value is -1.66. The summed E-state index contributed by atoms with van der Waals surface area (Å²) >= 11 is 11.5. The molecule has 94 valence electrons. The molecule has 2 aromatic rings. The highest BCUT2D eigenvalue weighted by atomic mass is 35.5. The molecule has 0 amide bonds. The number of nitrogens with zero attached hydrogens (tertiary/aromatic N) is 3. The van der Waals surface area contributed by atoms with Gasteiger partial charge in [-0.1, -0.05) is 23.2 Å². The molecule has 0 bridgehead atoms. The Kier molecular flexibility index (Phi) is 3.49. The molecule has 0 spiro atoms. The van der Waals surface area contributed by atoms with Gasteiger partial charge in [-0.05, 0) is 28.7 Å². The van der Waals surface area contributed by atoms with E-state index in [1.54, 1.807) is 0 Å². The van der Waals surface area contributed by atoms with Gasteiger partial charge in [0.05, 0.1) is 17.8 Å². The standard InChI is InChI=1S/C10H6Cl2FN3O2/c11-8-2-1-7(13)3-6(8)4-15-5-9(12)10(14-15)16(17)18/h1-3,5H,4H2. The van der Waals surface area contributed by atoms with Crippen molar-refractivity contribution in [2.75, 3.05) is 0 Å². The quantitative estimate of drug-likeness (QED) is 0.643. The lowest BCUT2D eigenvalue weighted by Gasteiger charge is -2.01. The molecule has 0 unspecified atom stereocenters. The summed E-state index contributed by atoms with van der Waals surface area (Å²) in [7, 11) is 0. The Labute approximate surface area is 111 Å². The molecule has 0 saturated heterocycles. The Morgan fingerprint density at radius 3 is 2.72 bits per heavy atom. The molecule has 1 aromatic carbocycles. The molecule has 0 aliphatic heterocycles. The second kappa shape index (κ2) is 4.91. The Balaban J connectivity index is 2.31. The topological polar surface area (TPSA) is 61.0 Å². The first kappa shape index (κ1) is 12.8. The molecule has 0 aliphatic rings. The van der Waals surface area contributed by atoms with Crippen molar-refractivity contribution in [3.8, 4) is 0 Å². The minimum atomic E-state index is -0.688. The van der Waals surface area contributed by atoms with Crippen LogP contribution in [0.2, 0.25) is 10.0 Å². The summed E-state index contributed by atoms with van der Waals surface area (Å²) < 4.78 is 14.3. The van der Waals surface area contributed by atoms with Gasteiger partial charge in [0.15, 0.2) is 5.02 Å². The average Bonchev–Trinajstić information content (AvgIpc) is 2.65. The summed E-state index contributed by atoms with van der Waals surface area (Å²) in [6.07, 6.45) is 1.29. The fourth-order valence-electron chi connectivity index (χ4n) is 1.43. The summed E-state index contributed by atoms with van der Waals surface area (Å²) in [5.41, 5.74) is 0.464. The zero-order valence-corrected chi connectivity index (χ0v) is 10.3. The van der Waals surface area contributed by atoms with E-state index in [-0.39, 0.29) is 11.6 Å². The molecule has 18 heavy (non-hydrogen) atoms. The van der Waals surface area contributed by atoms with Crippen LogP contribution in [-0.4, -0.2) is 14.7 Å². The van der Waals surface area contributed by atoms with Crippen molar-refractivity contribution in [2.24, 2.45) is 0 Å². The maximum absolute atomic E-state index is 13.0. The highest BCUT2D eigenvalue weighted by Gasteiger charge is 2.19. The lowest BCUT2D eigenvalue weighted by Crippen LogP contribution is -2.02. The molecule has 5 nitrogen and oxygen atoms in total. The monoisotopic (exact) mass is 289 g/mol. The minimum Gasteiger partial charge on any atom is -0.358 e. The van der Waals surface area contributed by atoms with E-state index in [0.717, 1.165) is 0 Å². The van der Waals surface area contributed by atoms with E-state index in [0.29, 0.717) is 10.6 Å². The molecule has 0 saturated carbocycles. The van der Waals surface area contributed by atoms with Crippen LogP contribution in [-0.2, 0) is 6.54 Å². The summed E-state index contributed by atoms with van der Waals surface area (Å²) in [5.74, 6) is -0.883. The number of hydrogen-bond acceptors (Lipinski definition) is 3. The molecular weight excluding hydrogens is 284 g/mol. The van der Waals surface area contributed by atoms with Gasteiger partial charge < -0.3 is 10.1 Å². The largest absolute Gasteiger partial charge is 0.408 e. The molecule has 1 heterocycles. The minimum absolute atomic E-state index is 0.0764. The van der Waals surface area contributed by atoms with Crippen molar-refractivity contribution in [1.29, 1.82) is 0 Å². The Morgan fingerprint density at radius 1 is 1.39 bits per heavy atom. The molecule has 8 heteroatoms. The lowest BCUT2D eigenvalue weighted by atomic mass is 10.2. The third-order valence-corrected chi connectivity index (χ3v) is 2.85. The van der Waals surface area contributed by atoms with Gasteiger partial charge in [-0.2, -0.15) is 4.68 Å². The Bertz CT molecular complexity index is 615. The van der Waals surface area contributed by atoms with Crippen LogP contribution < -0.4 is 0 Å². The van der Waals surface area contributed by atoms with Crippen molar-refractivity contribution in [3.05, 3.63) is 55.9 Å². The third kappa shape index (κ3) is 2.60. The third-order valence-electron chi connectivity index (χ3n) is 2.21. The van der Waals surface area contributed by atoms with Crippen LogP contribution in [0.25, 0.3) is 0 Å². The van der Waals surface area contributed by atoms with Crippen LogP contribution in [0, 0.1) is 15.9 Å². The fourth-order valence-corrected chi connectivity index (χ4v) is 1.83. The van der Waals surface area contributed by atoms with Gasteiger partial charge in [0.1, 0.15) is 5.82 Å². The summed E-state index contributed by atoms with van der Waals surface area (Å²) in [4.78, 5) is 9.88. The SMILES string of the molecule is O=[N+]([O-])c1nn(Cc2cc(F)ccc2Cl)cc1Cl. The van der Waals surface area contributed by atoms with Gasteiger partial charge in [0, 0.05) is 5.02 Å². The number of aromatic nitrogens is 2. The zero-order valence-electron chi connectivity index (χ0n) is 8.81. The van der Waals surface area contributed by atoms with Crippen LogP contribution >= 0.6 is 23.2 Å². The number of rotatable bonds is 3. The first-order chi connectivity index (χ1) is 8.47. The van der Waals surface area contributed by atoms with E-state index in [1.807, 2.05) is 0 Å². The molecule has 0 aliphatic carbocycles. The maximum Gasteiger partial charge on any atom is 0.408 e. The Morgan fingerprint density at radius 2 is 2.11 bits per heavy atom. The van der Waals surface area contributed by atoms with Gasteiger partial charge in [0.2, 0.25) is 0 Å².